The van der Waals surface area contributed by atoms with Gasteiger partial charge in [0.2, 0.25) is 0 Å². The smallest absolute Gasteiger partial charge is 0.338 e. The van der Waals surface area contributed by atoms with Crippen LogP contribution in [0.4, 0.5) is 5.69 Å². The minimum atomic E-state index is -0.888. The molecule has 0 radical (unpaired) electrons. The molecule has 1 unspecified atom stereocenters. The van der Waals surface area contributed by atoms with Crippen LogP contribution in [0.3, 0.4) is 0 Å². The molecule has 1 atom stereocenters. The molecule has 120 valence electrons. The van der Waals surface area contributed by atoms with Gasteiger partial charge in [-0.3, -0.25) is 4.79 Å². The number of esters is 1. The second-order valence-electron chi connectivity index (χ2n) is 5.29. The molecule has 1 N–H and O–H groups in total. The fraction of sp³-hybridized carbons (Fsp3) is 0.222. The van der Waals surface area contributed by atoms with Gasteiger partial charge in [0.05, 0.1) is 5.56 Å². The Balaban J connectivity index is 2.02. The molecule has 2 aromatic carbocycles. The van der Waals surface area contributed by atoms with Crippen LogP contribution in [0, 0.1) is 13.8 Å². The molecule has 0 aliphatic heterocycles. The molecule has 0 aliphatic carbocycles. The van der Waals surface area contributed by atoms with Gasteiger partial charge in [0.1, 0.15) is 0 Å². The van der Waals surface area contributed by atoms with Gasteiger partial charge in [-0.05, 0) is 56.2 Å². The van der Waals surface area contributed by atoms with Crippen molar-refractivity contribution in [1.82, 2.24) is 0 Å². The fourth-order valence-electron chi connectivity index (χ4n) is 2.02. The Morgan fingerprint density at radius 3 is 2.52 bits per heavy atom. The maximum atomic E-state index is 12.2. The fourth-order valence-corrected chi connectivity index (χ4v) is 2.42. The molecule has 4 nitrogen and oxygen atoms in total. The van der Waals surface area contributed by atoms with Gasteiger partial charge >= 0.3 is 5.97 Å². The van der Waals surface area contributed by atoms with Crippen LogP contribution in [0.5, 0.6) is 0 Å². The minimum Gasteiger partial charge on any atom is -0.449 e. The van der Waals surface area contributed by atoms with Crippen LogP contribution in [-0.4, -0.2) is 18.0 Å². The van der Waals surface area contributed by atoms with Gasteiger partial charge < -0.3 is 10.1 Å². The van der Waals surface area contributed by atoms with Crippen molar-refractivity contribution in [3.63, 3.8) is 0 Å². The van der Waals surface area contributed by atoms with Crippen molar-refractivity contribution >= 4 is 33.5 Å². The first kappa shape index (κ1) is 17.2. The molecule has 23 heavy (non-hydrogen) atoms. The number of nitrogens with one attached hydrogen (secondary N) is 1. The van der Waals surface area contributed by atoms with E-state index < -0.39 is 12.1 Å². The van der Waals surface area contributed by atoms with Gasteiger partial charge in [0.15, 0.2) is 6.10 Å². The number of anilines is 1. The van der Waals surface area contributed by atoms with Crippen LogP contribution in [0.25, 0.3) is 0 Å². The average molecular weight is 376 g/mol. The lowest BCUT2D eigenvalue weighted by atomic mass is 10.1. The van der Waals surface area contributed by atoms with Gasteiger partial charge in [0, 0.05) is 10.2 Å². The maximum absolute atomic E-state index is 12.2. The second kappa shape index (κ2) is 7.42. The quantitative estimate of drug-likeness (QED) is 0.812. The number of rotatable bonds is 4. The first-order valence-electron chi connectivity index (χ1n) is 7.22. The number of carbonyl (C=O) groups is 2. The van der Waals surface area contributed by atoms with E-state index in [0.717, 1.165) is 21.3 Å². The number of carbonyl (C=O) groups excluding carboxylic acids is 2. The van der Waals surface area contributed by atoms with Crippen LogP contribution in [-0.2, 0) is 9.53 Å². The SMILES string of the molecule is Cc1cccc(NC(=O)C(C)OC(=O)c2cccc(Br)c2)c1C. The summed E-state index contributed by atoms with van der Waals surface area (Å²) >= 11 is 3.30. The summed E-state index contributed by atoms with van der Waals surface area (Å²) in [5.74, 6) is -0.892. The Hall–Kier alpha value is -2.14. The molecule has 0 fully saturated rings. The Labute approximate surface area is 144 Å². The van der Waals surface area contributed by atoms with Crippen LogP contribution < -0.4 is 5.32 Å². The van der Waals surface area contributed by atoms with Crippen molar-refractivity contribution in [2.24, 2.45) is 0 Å². The summed E-state index contributed by atoms with van der Waals surface area (Å²) in [5, 5.41) is 2.79. The predicted molar refractivity (Wildman–Crippen MR) is 93.6 cm³/mol. The van der Waals surface area contributed by atoms with Crippen molar-refractivity contribution in [1.29, 1.82) is 0 Å². The zero-order valence-electron chi connectivity index (χ0n) is 13.2. The predicted octanol–water partition coefficient (Wildman–Crippen LogP) is 4.25. The summed E-state index contributed by atoms with van der Waals surface area (Å²) in [7, 11) is 0. The lowest BCUT2D eigenvalue weighted by molar-refractivity contribution is -0.123. The standard InChI is InChI=1S/C18H18BrNO3/c1-11-6-4-9-16(12(11)2)20-17(21)13(3)23-18(22)14-7-5-8-15(19)10-14/h4-10,13H,1-3H3,(H,20,21). The van der Waals surface area contributed by atoms with E-state index in [9.17, 15) is 9.59 Å². The van der Waals surface area contributed by atoms with Crippen molar-refractivity contribution < 1.29 is 14.3 Å². The first-order chi connectivity index (χ1) is 10.9. The molecule has 0 saturated carbocycles. The summed E-state index contributed by atoms with van der Waals surface area (Å²) in [6, 6.07) is 12.5. The molecule has 0 aliphatic rings. The number of benzene rings is 2. The highest BCUT2D eigenvalue weighted by atomic mass is 79.9. The number of hydrogen-bond acceptors (Lipinski definition) is 3. The van der Waals surface area contributed by atoms with E-state index >= 15 is 0 Å². The Morgan fingerprint density at radius 2 is 1.83 bits per heavy atom. The van der Waals surface area contributed by atoms with Crippen LogP contribution in [0.15, 0.2) is 46.9 Å². The lowest BCUT2D eigenvalue weighted by Gasteiger charge is -2.15. The monoisotopic (exact) mass is 375 g/mol. The summed E-state index contributed by atoms with van der Waals surface area (Å²) in [6.07, 6.45) is -0.888. The summed E-state index contributed by atoms with van der Waals surface area (Å²) in [4.78, 5) is 24.3. The summed E-state index contributed by atoms with van der Waals surface area (Å²) < 4.78 is 6.00. The van der Waals surface area contributed by atoms with Gasteiger partial charge in [0.25, 0.3) is 5.91 Å². The lowest BCUT2D eigenvalue weighted by Crippen LogP contribution is -2.30. The molecule has 2 aromatic rings. The van der Waals surface area contributed by atoms with E-state index in [2.05, 4.69) is 21.2 Å². The molecular formula is C18H18BrNO3. The first-order valence-corrected chi connectivity index (χ1v) is 8.01. The van der Waals surface area contributed by atoms with E-state index in [1.54, 1.807) is 25.1 Å². The molecule has 0 saturated heterocycles. The van der Waals surface area contributed by atoms with Gasteiger partial charge in [-0.1, -0.05) is 34.1 Å². The van der Waals surface area contributed by atoms with E-state index in [1.807, 2.05) is 38.1 Å². The number of amides is 1. The Kier molecular flexibility index (Phi) is 5.55. The third kappa shape index (κ3) is 4.42. The van der Waals surface area contributed by atoms with Gasteiger partial charge in [-0.2, -0.15) is 0 Å². The van der Waals surface area contributed by atoms with Crippen LogP contribution in [0.2, 0.25) is 0 Å². The van der Waals surface area contributed by atoms with Crippen LogP contribution in [0.1, 0.15) is 28.4 Å². The molecular weight excluding hydrogens is 358 g/mol. The van der Waals surface area contributed by atoms with Gasteiger partial charge in [-0.25, -0.2) is 4.79 Å². The minimum absolute atomic E-state index is 0.359. The highest BCUT2D eigenvalue weighted by Gasteiger charge is 2.19. The van der Waals surface area contributed by atoms with Crippen molar-refractivity contribution in [2.75, 3.05) is 5.32 Å². The topological polar surface area (TPSA) is 55.4 Å². The second-order valence-corrected chi connectivity index (χ2v) is 6.21. The Bertz CT molecular complexity index is 743. The molecule has 1 amide bonds. The number of ether oxygens (including phenoxy) is 1. The third-order valence-corrected chi connectivity index (χ3v) is 4.07. The number of aryl methyl sites for hydroxylation is 1. The van der Waals surface area contributed by atoms with E-state index in [1.165, 1.54) is 0 Å². The van der Waals surface area contributed by atoms with Crippen LogP contribution >= 0.6 is 15.9 Å². The highest BCUT2D eigenvalue weighted by Crippen LogP contribution is 2.19. The van der Waals surface area contributed by atoms with Crippen molar-refractivity contribution in [2.45, 2.75) is 26.9 Å². The van der Waals surface area contributed by atoms with Crippen molar-refractivity contribution in [3.8, 4) is 0 Å². The zero-order chi connectivity index (χ0) is 17.0. The molecule has 0 spiro atoms. The highest BCUT2D eigenvalue weighted by molar-refractivity contribution is 9.10. The number of halogens is 1. The number of hydrogen-bond donors (Lipinski definition) is 1. The Morgan fingerprint density at radius 1 is 1.13 bits per heavy atom. The third-order valence-electron chi connectivity index (χ3n) is 3.58. The summed E-state index contributed by atoms with van der Waals surface area (Å²) in [5.41, 5.74) is 3.19. The largest absolute Gasteiger partial charge is 0.449 e. The zero-order valence-corrected chi connectivity index (χ0v) is 14.8. The molecule has 5 heteroatoms. The summed E-state index contributed by atoms with van der Waals surface area (Å²) in [6.45, 7) is 5.46. The normalized spacial score (nSPS) is 11.7. The molecule has 0 heterocycles. The van der Waals surface area contributed by atoms with E-state index in [4.69, 9.17) is 4.74 Å². The maximum Gasteiger partial charge on any atom is 0.338 e. The molecule has 2 rings (SSSR count). The average Bonchev–Trinajstić information content (AvgIpc) is 2.51. The van der Waals surface area contributed by atoms with Crippen molar-refractivity contribution in [3.05, 3.63) is 63.6 Å². The van der Waals surface area contributed by atoms with Gasteiger partial charge in [-0.15, -0.1) is 0 Å². The van der Waals surface area contributed by atoms with E-state index in [-0.39, 0.29) is 5.91 Å². The molecule has 0 aromatic heterocycles. The molecule has 0 bridgehead atoms. The van der Waals surface area contributed by atoms with E-state index in [0.29, 0.717) is 5.56 Å².